The van der Waals surface area contributed by atoms with Gasteiger partial charge in [0.1, 0.15) is 5.75 Å². The van der Waals surface area contributed by atoms with Gasteiger partial charge in [-0.1, -0.05) is 20.3 Å². The molecule has 1 aromatic rings. The SMILES string of the molecule is CCC(C)C(C)NCc1cc(OC)c(OC)cc1OC. The predicted molar refractivity (Wildman–Crippen MR) is 81.9 cm³/mol. The number of nitrogens with one attached hydrogen (secondary N) is 1. The van der Waals surface area contributed by atoms with Crippen molar-refractivity contribution in [1.82, 2.24) is 5.32 Å². The van der Waals surface area contributed by atoms with E-state index in [1.807, 2.05) is 12.1 Å². The summed E-state index contributed by atoms with van der Waals surface area (Å²) < 4.78 is 16.1. The lowest BCUT2D eigenvalue weighted by Gasteiger charge is -2.21. The molecule has 0 radical (unpaired) electrons. The standard InChI is InChI=1S/C16H27NO3/c1-7-11(2)12(3)17-10-13-8-15(19-5)16(20-6)9-14(13)18-4/h8-9,11-12,17H,7,10H2,1-6H3. The average Bonchev–Trinajstić information content (AvgIpc) is 2.50. The van der Waals surface area contributed by atoms with Crippen molar-refractivity contribution < 1.29 is 14.2 Å². The predicted octanol–water partition coefficient (Wildman–Crippen LogP) is 3.24. The Labute approximate surface area is 122 Å². The highest BCUT2D eigenvalue weighted by Gasteiger charge is 2.14. The van der Waals surface area contributed by atoms with Gasteiger partial charge in [0.25, 0.3) is 0 Å². The maximum atomic E-state index is 5.43. The fourth-order valence-corrected chi connectivity index (χ4v) is 2.06. The minimum atomic E-state index is 0.456. The largest absolute Gasteiger partial charge is 0.496 e. The van der Waals surface area contributed by atoms with Crippen LogP contribution in [0.1, 0.15) is 32.8 Å². The first kappa shape index (κ1) is 16.6. The van der Waals surface area contributed by atoms with Gasteiger partial charge in [-0.3, -0.25) is 0 Å². The highest BCUT2D eigenvalue weighted by Crippen LogP contribution is 2.34. The summed E-state index contributed by atoms with van der Waals surface area (Å²) in [7, 11) is 4.94. The molecule has 0 aliphatic rings. The maximum absolute atomic E-state index is 5.43. The molecule has 0 aliphatic carbocycles. The molecule has 1 aromatic carbocycles. The summed E-state index contributed by atoms with van der Waals surface area (Å²) in [5, 5.41) is 3.54. The molecular weight excluding hydrogens is 254 g/mol. The number of rotatable bonds is 8. The zero-order chi connectivity index (χ0) is 15.1. The van der Waals surface area contributed by atoms with E-state index in [0.29, 0.717) is 17.7 Å². The van der Waals surface area contributed by atoms with Crippen LogP contribution in [0.25, 0.3) is 0 Å². The molecule has 0 aliphatic heterocycles. The van der Waals surface area contributed by atoms with E-state index in [0.717, 1.165) is 30.0 Å². The van der Waals surface area contributed by atoms with Crippen LogP contribution < -0.4 is 19.5 Å². The molecule has 0 fully saturated rings. The van der Waals surface area contributed by atoms with Crippen LogP contribution in [0.15, 0.2) is 12.1 Å². The monoisotopic (exact) mass is 281 g/mol. The number of hydrogen-bond acceptors (Lipinski definition) is 4. The van der Waals surface area contributed by atoms with E-state index in [2.05, 4.69) is 26.1 Å². The van der Waals surface area contributed by atoms with Crippen molar-refractivity contribution in [3.63, 3.8) is 0 Å². The molecule has 0 bridgehead atoms. The summed E-state index contributed by atoms with van der Waals surface area (Å²) in [5.41, 5.74) is 1.07. The second-order valence-electron chi connectivity index (χ2n) is 5.07. The molecule has 0 heterocycles. The van der Waals surface area contributed by atoms with E-state index in [1.54, 1.807) is 21.3 Å². The number of hydrogen-bond donors (Lipinski definition) is 1. The Bertz CT molecular complexity index is 420. The van der Waals surface area contributed by atoms with Gasteiger partial charge < -0.3 is 19.5 Å². The minimum absolute atomic E-state index is 0.456. The topological polar surface area (TPSA) is 39.7 Å². The molecule has 0 saturated carbocycles. The quantitative estimate of drug-likeness (QED) is 0.794. The van der Waals surface area contributed by atoms with Crippen LogP contribution in [0.2, 0.25) is 0 Å². The van der Waals surface area contributed by atoms with Gasteiger partial charge in [0, 0.05) is 24.2 Å². The third kappa shape index (κ3) is 4.04. The molecule has 20 heavy (non-hydrogen) atoms. The lowest BCUT2D eigenvalue weighted by atomic mass is 10.0. The first-order valence-electron chi connectivity index (χ1n) is 7.09. The molecule has 4 heteroatoms. The minimum Gasteiger partial charge on any atom is -0.496 e. The van der Waals surface area contributed by atoms with Crippen LogP contribution in [0.3, 0.4) is 0 Å². The zero-order valence-corrected chi connectivity index (χ0v) is 13.4. The van der Waals surface area contributed by atoms with E-state index in [-0.39, 0.29) is 0 Å². The fourth-order valence-electron chi connectivity index (χ4n) is 2.06. The lowest BCUT2D eigenvalue weighted by Crippen LogP contribution is -2.31. The summed E-state index contributed by atoms with van der Waals surface area (Å²) in [6, 6.07) is 4.29. The number of methoxy groups -OCH3 is 3. The lowest BCUT2D eigenvalue weighted by molar-refractivity contribution is 0.344. The molecule has 2 atom stereocenters. The van der Waals surface area contributed by atoms with Gasteiger partial charge in [0.15, 0.2) is 11.5 Å². The Hall–Kier alpha value is -1.42. The zero-order valence-electron chi connectivity index (χ0n) is 13.4. The second kappa shape index (κ2) is 8.00. The van der Waals surface area contributed by atoms with Gasteiger partial charge in [-0.25, -0.2) is 0 Å². The van der Waals surface area contributed by atoms with E-state index in [1.165, 1.54) is 0 Å². The second-order valence-corrected chi connectivity index (χ2v) is 5.07. The fraction of sp³-hybridized carbons (Fsp3) is 0.625. The van der Waals surface area contributed by atoms with Crippen molar-refractivity contribution in [1.29, 1.82) is 0 Å². The van der Waals surface area contributed by atoms with Crippen molar-refractivity contribution in [3.05, 3.63) is 17.7 Å². The van der Waals surface area contributed by atoms with E-state index in [9.17, 15) is 0 Å². The van der Waals surface area contributed by atoms with Gasteiger partial charge >= 0.3 is 0 Å². The van der Waals surface area contributed by atoms with Crippen LogP contribution in [0.5, 0.6) is 17.2 Å². The third-order valence-corrected chi connectivity index (χ3v) is 3.90. The first-order valence-corrected chi connectivity index (χ1v) is 7.09. The van der Waals surface area contributed by atoms with Crippen LogP contribution in [-0.2, 0) is 6.54 Å². The Balaban J connectivity index is 2.88. The normalized spacial score (nSPS) is 13.7. The molecule has 114 valence electrons. The maximum Gasteiger partial charge on any atom is 0.164 e. The van der Waals surface area contributed by atoms with Gasteiger partial charge in [-0.15, -0.1) is 0 Å². The first-order chi connectivity index (χ1) is 9.57. The van der Waals surface area contributed by atoms with Crippen LogP contribution in [-0.4, -0.2) is 27.4 Å². The van der Waals surface area contributed by atoms with Crippen molar-refractivity contribution in [2.75, 3.05) is 21.3 Å². The molecule has 0 saturated heterocycles. The summed E-state index contributed by atoms with van der Waals surface area (Å²) >= 11 is 0. The molecule has 1 N–H and O–H groups in total. The van der Waals surface area contributed by atoms with Crippen molar-refractivity contribution in [2.24, 2.45) is 5.92 Å². The summed E-state index contributed by atoms with van der Waals surface area (Å²) in [5.74, 6) is 2.86. The summed E-state index contributed by atoms with van der Waals surface area (Å²) in [6.07, 6.45) is 1.16. The van der Waals surface area contributed by atoms with Gasteiger partial charge in [-0.2, -0.15) is 0 Å². The van der Waals surface area contributed by atoms with Crippen molar-refractivity contribution >= 4 is 0 Å². The van der Waals surface area contributed by atoms with E-state index in [4.69, 9.17) is 14.2 Å². The Kier molecular flexibility index (Phi) is 6.65. The summed E-state index contributed by atoms with van der Waals surface area (Å²) in [6.45, 7) is 7.42. The summed E-state index contributed by atoms with van der Waals surface area (Å²) in [4.78, 5) is 0. The van der Waals surface area contributed by atoms with Gasteiger partial charge in [-0.05, 0) is 18.9 Å². The smallest absolute Gasteiger partial charge is 0.164 e. The Morgan fingerprint density at radius 3 is 2.00 bits per heavy atom. The van der Waals surface area contributed by atoms with Crippen LogP contribution in [0.4, 0.5) is 0 Å². The van der Waals surface area contributed by atoms with Crippen LogP contribution >= 0.6 is 0 Å². The molecule has 0 aromatic heterocycles. The molecule has 0 spiro atoms. The Morgan fingerprint density at radius 2 is 1.50 bits per heavy atom. The Morgan fingerprint density at radius 1 is 0.950 bits per heavy atom. The third-order valence-electron chi connectivity index (χ3n) is 3.90. The number of ether oxygens (including phenoxy) is 3. The molecule has 4 nitrogen and oxygen atoms in total. The molecule has 0 amide bonds. The molecular formula is C16H27NO3. The average molecular weight is 281 g/mol. The highest BCUT2D eigenvalue weighted by molar-refractivity contribution is 5.50. The van der Waals surface area contributed by atoms with Gasteiger partial charge in [0.05, 0.1) is 21.3 Å². The molecule has 1 rings (SSSR count). The highest BCUT2D eigenvalue weighted by atomic mass is 16.5. The molecule has 2 unspecified atom stereocenters. The van der Waals surface area contributed by atoms with Crippen LogP contribution in [0, 0.1) is 5.92 Å². The van der Waals surface area contributed by atoms with E-state index >= 15 is 0 Å². The van der Waals surface area contributed by atoms with E-state index < -0.39 is 0 Å². The van der Waals surface area contributed by atoms with Crippen molar-refractivity contribution in [3.8, 4) is 17.2 Å². The van der Waals surface area contributed by atoms with Gasteiger partial charge in [0.2, 0.25) is 0 Å². The van der Waals surface area contributed by atoms with Crippen molar-refractivity contribution in [2.45, 2.75) is 39.8 Å². The number of benzene rings is 1.